The van der Waals surface area contributed by atoms with Crippen LogP contribution in [-0.4, -0.2) is 18.3 Å². The first-order valence-electron chi connectivity index (χ1n) is 9.88. The number of benzene rings is 1. The van der Waals surface area contributed by atoms with Crippen molar-refractivity contribution in [2.45, 2.75) is 44.6 Å². The Morgan fingerprint density at radius 1 is 0.909 bits per heavy atom. The van der Waals surface area contributed by atoms with Gasteiger partial charge in [-0.15, -0.1) is 6.58 Å². The second kappa shape index (κ2) is 11.3. The zero-order valence-electron chi connectivity index (χ0n) is 17.4. The van der Waals surface area contributed by atoms with Gasteiger partial charge in [-0.25, -0.2) is 0 Å². The third-order valence-electron chi connectivity index (χ3n) is 4.37. The van der Waals surface area contributed by atoms with Gasteiger partial charge in [0, 0.05) is 12.5 Å². The molecule has 0 aliphatic rings. The Hall–Kier alpha value is -2.95. The smallest absolute Gasteiger partial charge is 0.416 e. The van der Waals surface area contributed by atoms with Crippen molar-refractivity contribution in [2.75, 3.05) is 13.2 Å². The maximum atomic E-state index is 12.9. The van der Waals surface area contributed by atoms with E-state index < -0.39 is 41.3 Å². The number of allylic oxidation sites excluding steroid dienone is 1. The van der Waals surface area contributed by atoms with E-state index in [2.05, 4.69) is 6.58 Å². The van der Waals surface area contributed by atoms with E-state index in [1.807, 2.05) is 0 Å². The van der Waals surface area contributed by atoms with Crippen molar-refractivity contribution >= 4 is 0 Å². The third-order valence-corrected chi connectivity index (χ3v) is 4.37. The standard InChI is InChI=1S/C22H22F6O5/c1-2-6-19-20(18(30)12-17(13-29)33-19)32-8-5-3-4-7-31-16-10-14(21(23,24)25)9-15(11-16)22(26,27)28/h2,9-12,29H,1,3-8,13H2. The van der Waals surface area contributed by atoms with E-state index in [0.29, 0.717) is 31.4 Å². The largest absolute Gasteiger partial charge is 0.494 e. The van der Waals surface area contributed by atoms with E-state index in [-0.39, 0.29) is 43.0 Å². The molecule has 0 atom stereocenters. The second-order valence-corrected chi connectivity index (χ2v) is 6.98. The van der Waals surface area contributed by atoms with Crippen LogP contribution >= 0.6 is 0 Å². The molecule has 2 aromatic rings. The van der Waals surface area contributed by atoms with Crippen LogP contribution in [0.25, 0.3) is 0 Å². The fourth-order valence-corrected chi connectivity index (χ4v) is 2.83. The van der Waals surface area contributed by atoms with Crippen LogP contribution in [0.4, 0.5) is 26.3 Å². The van der Waals surface area contributed by atoms with Crippen LogP contribution in [0, 0.1) is 0 Å². The minimum absolute atomic E-state index is 0.00741. The van der Waals surface area contributed by atoms with E-state index in [1.54, 1.807) is 0 Å². The molecule has 2 rings (SSSR count). The monoisotopic (exact) mass is 480 g/mol. The van der Waals surface area contributed by atoms with Crippen LogP contribution in [0.5, 0.6) is 11.5 Å². The highest BCUT2D eigenvalue weighted by Crippen LogP contribution is 2.38. The Bertz CT molecular complexity index is 962. The highest BCUT2D eigenvalue weighted by atomic mass is 19.4. The van der Waals surface area contributed by atoms with Crippen LogP contribution in [0.15, 0.2) is 46.1 Å². The zero-order chi connectivity index (χ0) is 24.6. The summed E-state index contributed by atoms with van der Waals surface area (Å²) >= 11 is 0. The van der Waals surface area contributed by atoms with Crippen molar-refractivity contribution < 1.29 is 45.3 Å². The van der Waals surface area contributed by atoms with Gasteiger partial charge in [-0.3, -0.25) is 4.79 Å². The number of ether oxygens (including phenoxy) is 2. The van der Waals surface area contributed by atoms with E-state index in [4.69, 9.17) is 19.0 Å². The average Bonchev–Trinajstić information content (AvgIpc) is 2.73. The summed E-state index contributed by atoms with van der Waals surface area (Å²) < 4.78 is 93.1. The van der Waals surface area contributed by atoms with E-state index in [9.17, 15) is 31.1 Å². The Kier molecular flexibility index (Phi) is 8.98. The minimum atomic E-state index is -4.94. The lowest BCUT2D eigenvalue weighted by Gasteiger charge is -2.15. The number of rotatable bonds is 11. The number of unbranched alkanes of at least 4 members (excludes halogenated alkanes) is 2. The van der Waals surface area contributed by atoms with Crippen molar-refractivity contribution in [3.05, 3.63) is 69.8 Å². The number of aliphatic hydroxyl groups is 1. The molecule has 1 N–H and O–H groups in total. The Morgan fingerprint density at radius 2 is 1.48 bits per heavy atom. The Morgan fingerprint density at radius 3 is 2.00 bits per heavy atom. The molecule has 33 heavy (non-hydrogen) atoms. The molecule has 11 heteroatoms. The lowest BCUT2D eigenvalue weighted by molar-refractivity contribution is -0.143. The third kappa shape index (κ3) is 7.85. The zero-order valence-corrected chi connectivity index (χ0v) is 17.4. The predicted octanol–water partition coefficient (Wildman–Crippen LogP) is 5.53. The molecule has 0 spiro atoms. The Labute approximate surface area is 185 Å². The summed E-state index contributed by atoms with van der Waals surface area (Å²) in [5, 5.41) is 9.11. The predicted molar refractivity (Wildman–Crippen MR) is 106 cm³/mol. The molecule has 0 amide bonds. The summed E-state index contributed by atoms with van der Waals surface area (Å²) in [5.74, 6) is -0.226. The summed E-state index contributed by atoms with van der Waals surface area (Å²) in [6.07, 6.45) is -6.92. The molecule has 0 saturated carbocycles. The van der Waals surface area contributed by atoms with Gasteiger partial charge in [-0.2, -0.15) is 26.3 Å². The fourth-order valence-electron chi connectivity index (χ4n) is 2.83. The van der Waals surface area contributed by atoms with Gasteiger partial charge in [0.05, 0.1) is 24.3 Å². The number of halogens is 6. The molecule has 1 aromatic heterocycles. The molecule has 5 nitrogen and oxygen atoms in total. The highest BCUT2D eigenvalue weighted by Gasteiger charge is 2.37. The molecule has 0 radical (unpaired) electrons. The summed E-state index contributed by atoms with van der Waals surface area (Å²) in [4.78, 5) is 12.1. The first kappa shape index (κ1) is 26.3. The van der Waals surface area contributed by atoms with Crippen LogP contribution in [-0.2, 0) is 25.4 Å². The molecule has 0 unspecified atom stereocenters. The maximum Gasteiger partial charge on any atom is 0.416 e. The van der Waals surface area contributed by atoms with Crippen LogP contribution in [0.2, 0.25) is 0 Å². The maximum absolute atomic E-state index is 12.9. The van der Waals surface area contributed by atoms with Crippen molar-refractivity contribution in [3.8, 4) is 11.5 Å². The quantitative estimate of drug-likeness (QED) is 0.260. The SMILES string of the molecule is C=CCc1oc(CO)cc(=O)c1OCCCCCOc1cc(C(F)(F)F)cc(C(F)(F)F)c1. The van der Waals surface area contributed by atoms with Crippen LogP contribution < -0.4 is 14.9 Å². The molecular weight excluding hydrogens is 458 g/mol. The van der Waals surface area contributed by atoms with Crippen molar-refractivity contribution in [1.29, 1.82) is 0 Å². The Balaban J connectivity index is 1.87. The van der Waals surface area contributed by atoms with Gasteiger partial charge >= 0.3 is 12.4 Å². The molecular formula is C22H22F6O5. The topological polar surface area (TPSA) is 68.9 Å². The van der Waals surface area contributed by atoms with Gasteiger partial charge in [-0.05, 0) is 37.5 Å². The number of hydrogen-bond acceptors (Lipinski definition) is 5. The normalized spacial score (nSPS) is 12.0. The summed E-state index contributed by atoms with van der Waals surface area (Å²) in [6, 6.07) is 2.19. The molecule has 182 valence electrons. The van der Waals surface area contributed by atoms with Crippen LogP contribution in [0.1, 0.15) is 41.9 Å². The second-order valence-electron chi connectivity index (χ2n) is 6.98. The molecule has 0 aliphatic carbocycles. The highest BCUT2D eigenvalue weighted by molar-refractivity contribution is 5.37. The van der Waals surface area contributed by atoms with Gasteiger partial charge < -0.3 is 19.0 Å². The lowest BCUT2D eigenvalue weighted by atomic mass is 10.1. The molecule has 0 bridgehead atoms. The molecule has 1 aromatic carbocycles. The van der Waals surface area contributed by atoms with Gasteiger partial charge in [0.25, 0.3) is 0 Å². The van der Waals surface area contributed by atoms with Crippen LogP contribution in [0.3, 0.4) is 0 Å². The average molecular weight is 480 g/mol. The number of hydrogen-bond donors (Lipinski definition) is 1. The fraction of sp³-hybridized carbons (Fsp3) is 0.409. The van der Waals surface area contributed by atoms with Gasteiger partial charge in [-0.1, -0.05) is 6.08 Å². The summed E-state index contributed by atoms with van der Waals surface area (Å²) in [5.41, 5.74) is -3.35. The molecule has 0 fully saturated rings. The van der Waals surface area contributed by atoms with Gasteiger partial charge in [0.1, 0.15) is 18.1 Å². The van der Waals surface area contributed by atoms with Crippen molar-refractivity contribution in [1.82, 2.24) is 0 Å². The van der Waals surface area contributed by atoms with E-state index >= 15 is 0 Å². The number of aliphatic hydroxyl groups excluding tert-OH is 1. The molecule has 0 aliphatic heterocycles. The minimum Gasteiger partial charge on any atom is -0.494 e. The first-order valence-corrected chi connectivity index (χ1v) is 9.88. The van der Waals surface area contributed by atoms with Crippen molar-refractivity contribution in [3.63, 3.8) is 0 Å². The van der Waals surface area contributed by atoms with Crippen molar-refractivity contribution in [2.24, 2.45) is 0 Å². The summed E-state index contributed by atoms with van der Waals surface area (Å²) in [6.45, 7) is 3.12. The van der Waals surface area contributed by atoms with E-state index in [1.165, 1.54) is 6.08 Å². The number of alkyl halides is 6. The summed E-state index contributed by atoms with van der Waals surface area (Å²) in [7, 11) is 0. The molecule has 0 saturated heterocycles. The lowest BCUT2D eigenvalue weighted by Crippen LogP contribution is -2.13. The first-order chi connectivity index (χ1) is 15.5. The van der Waals surface area contributed by atoms with E-state index in [0.717, 1.165) is 6.07 Å². The van der Waals surface area contributed by atoms with Gasteiger partial charge in [0.15, 0.2) is 5.76 Å². The van der Waals surface area contributed by atoms with Gasteiger partial charge in [0.2, 0.25) is 11.2 Å². The molecule has 1 heterocycles.